The fourth-order valence-corrected chi connectivity index (χ4v) is 4.14. The number of rotatable bonds is 9. The van der Waals surface area contributed by atoms with E-state index in [0.717, 1.165) is 34.2 Å². The second-order valence-electron chi connectivity index (χ2n) is 7.37. The molecule has 0 aliphatic carbocycles. The van der Waals surface area contributed by atoms with Gasteiger partial charge in [-0.2, -0.15) is 0 Å². The third kappa shape index (κ3) is 5.63. The number of hydrogen-bond acceptors (Lipinski definition) is 5. The van der Waals surface area contributed by atoms with E-state index in [1.54, 1.807) is 23.5 Å². The molecule has 0 radical (unpaired) electrons. The summed E-state index contributed by atoms with van der Waals surface area (Å²) >= 11 is 1.74. The van der Waals surface area contributed by atoms with Crippen LogP contribution >= 0.6 is 11.3 Å². The first-order valence-corrected chi connectivity index (χ1v) is 11.3. The van der Waals surface area contributed by atoms with Crippen LogP contribution in [0.4, 0.5) is 0 Å². The number of nitrogens with one attached hydrogen (secondary N) is 1. The molecule has 1 heterocycles. The summed E-state index contributed by atoms with van der Waals surface area (Å²) in [5.74, 6) is 0.533. The third-order valence-corrected chi connectivity index (χ3v) is 5.97. The molecule has 4 aromatic rings. The number of fused-ring (bicyclic) bond motifs is 1. The molecule has 4 nitrogen and oxygen atoms in total. The maximum atomic E-state index is 11.7. The Bertz CT molecular complexity index is 1190. The van der Waals surface area contributed by atoms with E-state index < -0.39 is 0 Å². The van der Waals surface area contributed by atoms with Gasteiger partial charge < -0.3 is 14.8 Å². The van der Waals surface area contributed by atoms with E-state index in [1.165, 1.54) is 12.0 Å². The molecule has 162 valence electrons. The predicted octanol–water partition coefficient (Wildman–Crippen LogP) is 5.94. The number of benzene rings is 3. The lowest BCUT2D eigenvalue weighted by Gasteiger charge is -2.13. The van der Waals surface area contributed by atoms with Gasteiger partial charge in [0.05, 0.1) is 12.7 Å². The maximum absolute atomic E-state index is 11.7. The Morgan fingerprint density at radius 1 is 0.969 bits per heavy atom. The quantitative estimate of drug-likeness (QED) is 0.325. The number of hydrogen-bond donors (Lipinski definition) is 1. The third-order valence-electron chi connectivity index (χ3n) is 5.10. The average molecular weight is 444 g/mol. The normalized spacial score (nSPS) is 11.5. The highest BCUT2D eigenvalue weighted by Gasteiger charge is 2.07. The fourth-order valence-electron chi connectivity index (χ4n) is 3.46. The van der Waals surface area contributed by atoms with Crippen LogP contribution in [0.2, 0.25) is 0 Å². The largest absolute Gasteiger partial charge is 0.489 e. The Morgan fingerprint density at radius 3 is 2.56 bits per heavy atom. The highest BCUT2D eigenvalue weighted by molar-refractivity contribution is 7.09. The van der Waals surface area contributed by atoms with Crippen LogP contribution in [-0.2, 0) is 11.3 Å². The molecule has 0 aliphatic heterocycles. The number of thiophene rings is 1. The molecule has 0 unspecified atom stereocenters. The Labute approximate surface area is 192 Å². The minimum atomic E-state index is -0.336. The molecule has 1 aromatic heterocycles. The van der Waals surface area contributed by atoms with Crippen LogP contribution in [0.1, 0.15) is 20.8 Å². The monoisotopic (exact) mass is 443 g/mol. The van der Waals surface area contributed by atoms with Crippen LogP contribution in [0, 0.1) is 0 Å². The Hall–Kier alpha value is -3.41. The van der Waals surface area contributed by atoms with Gasteiger partial charge in [0.1, 0.15) is 12.4 Å². The van der Waals surface area contributed by atoms with Crippen molar-refractivity contribution in [3.63, 3.8) is 0 Å². The van der Waals surface area contributed by atoms with Gasteiger partial charge in [-0.05, 0) is 46.2 Å². The van der Waals surface area contributed by atoms with Gasteiger partial charge in [-0.25, -0.2) is 4.79 Å². The van der Waals surface area contributed by atoms with Crippen LogP contribution in [0.15, 0.2) is 89.8 Å². The topological polar surface area (TPSA) is 47.6 Å². The van der Waals surface area contributed by atoms with E-state index in [-0.39, 0.29) is 5.97 Å². The molecule has 32 heavy (non-hydrogen) atoms. The molecule has 3 aromatic carbocycles. The van der Waals surface area contributed by atoms with Crippen molar-refractivity contribution < 1.29 is 14.3 Å². The zero-order valence-electron chi connectivity index (χ0n) is 17.9. The van der Waals surface area contributed by atoms with Crippen LogP contribution in [0.3, 0.4) is 0 Å². The second-order valence-corrected chi connectivity index (χ2v) is 8.40. The number of ether oxygens (including phenoxy) is 2. The molecule has 0 bridgehead atoms. The minimum Gasteiger partial charge on any atom is -0.489 e. The van der Waals surface area contributed by atoms with E-state index in [0.29, 0.717) is 18.7 Å². The smallest absolute Gasteiger partial charge is 0.337 e. The lowest BCUT2D eigenvalue weighted by molar-refractivity contribution is 0.0600. The van der Waals surface area contributed by atoms with Crippen molar-refractivity contribution in [1.82, 2.24) is 5.32 Å². The molecule has 4 rings (SSSR count). The molecule has 0 spiro atoms. The number of carbonyl (C=O) groups excluding carboxylic acids is 1. The van der Waals surface area contributed by atoms with Gasteiger partial charge in [0.2, 0.25) is 0 Å². The lowest BCUT2D eigenvalue weighted by atomic mass is 10.1. The highest BCUT2D eigenvalue weighted by atomic mass is 32.1. The highest BCUT2D eigenvalue weighted by Crippen LogP contribution is 2.25. The summed E-state index contributed by atoms with van der Waals surface area (Å²) < 4.78 is 11.0. The molecule has 5 heteroatoms. The van der Waals surface area contributed by atoms with Gasteiger partial charge in [0, 0.05) is 23.4 Å². The summed E-state index contributed by atoms with van der Waals surface area (Å²) in [5, 5.41) is 7.85. The average Bonchev–Trinajstić information content (AvgIpc) is 3.36. The molecule has 0 saturated heterocycles. The van der Waals surface area contributed by atoms with Crippen molar-refractivity contribution in [2.75, 3.05) is 20.3 Å². The van der Waals surface area contributed by atoms with Crippen LogP contribution in [-0.4, -0.2) is 26.2 Å². The first kappa shape index (κ1) is 21.8. The van der Waals surface area contributed by atoms with Crippen molar-refractivity contribution >= 4 is 34.2 Å². The number of esters is 1. The summed E-state index contributed by atoms with van der Waals surface area (Å²) in [4.78, 5) is 13.0. The van der Waals surface area contributed by atoms with E-state index in [1.807, 2.05) is 36.4 Å². The van der Waals surface area contributed by atoms with Crippen LogP contribution in [0.5, 0.6) is 5.75 Å². The Balaban J connectivity index is 1.51. The van der Waals surface area contributed by atoms with Crippen LogP contribution in [0.25, 0.3) is 16.8 Å². The molecule has 0 amide bonds. The van der Waals surface area contributed by atoms with Gasteiger partial charge in [0.25, 0.3) is 0 Å². The van der Waals surface area contributed by atoms with Crippen molar-refractivity contribution in [3.8, 4) is 5.75 Å². The molecule has 0 aliphatic rings. The predicted molar refractivity (Wildman–Crippen MR) is 131 cm³/mol. The number of carbonyl (C=O) groups is 1. The minimum absolute atomic E-state index is 0.336. The van der Waals surface area contributed by atoms with Gasteiger partial charge in [-0.1, -0.05) is 60.7 Å². The molecular formula is C27H25NO3S. The Morgan fingerprint density at radius 2 is 1.78 bits per heavy atom. The first-order chi connectivity index (χ1) is 15.7. The molecule has 0 saturated carbocycles. The molecule has 0 atom stereocenters. The van der Waals surface area contributed by atoms with Crippen molar-refractivity contribution in [1.29, 1.82) is 0 Å². The second kappa shape index (κ2) is 10.8. The Kier molecular flexibility index (Phi) is 7.33. The summed E-state index contributed by atoms with van der Waals surface area (Å²) in [5.41, 5.74) is 2.65. The van der Waals surface area contributed by atoms with Gasteiger partial charge in [-0.3, -0.25) is 0 Å². The molecule has 0 fully saturated rings. The SMILES string of the molecule is COC(=O)c1ccc(C=C(CNCc2cccs2)COc2cccc3ccccc23)cc1. The first-order valence-electron chi connectivity index (χ1n) is 10.4. The van der Waals surface area contributed by atoms with E-state index in [2.05, 4.69) is 47.1 Å². The maximum Gasteiger partial charge on any atom is 0.337 e. The standard InChI is InChI=1S/C27H25NO3S/c1-30-27(29)23-13-11-20(12-14-23)16-21(17-28-18-24-8-5-15-32-24)19-31-26-10-4-7-22-6-2-3-9-25(22)26/h2-16,28H,17-19H2,1H3. The summed E-state index contributed by atoms with van der Waals surface area (Å²) in [6.45, 7) is 1.97. The lowest BCUT2D eigenvalue weighted by Crippen LogP contribution is -2.19. The van der Waals surface area contributed by atoms with Crippen LogP contribution < -0.4 is 10.1 Å². The molecule has 1 N–H and O–H groups in total. The van der Waals surface area contributed by atoms with Gasteiger partial charge in [0.15, 0.2) is 0 Å². The zero-order valence-corrected chi connectivity index (χ0v) is 18.7. The zero-order chi connectivity index (χ0) is 22.2. The summed E-state index contributed by atoms with van der Waals surface area (Å²) in [7, 11) is 1.39. The summed E-state index contributed by atoms with van der Waals surface area (Å²) in [6.07, 6.45) is 2.10. The van der Waals surface area contributed by atoms with Gasteiger partial charge in [-0.15, -0.1) is 11.3 Å². The molecular weight excluding hydrogens is 418 g/mol. The fraction of sp³-hybridized carbons (Fsp3) is 0.148. The summed E-state index contributed by atoms with van der Waals surface area (Å²) in [6, 6.07) is 25.9. The van der Waals surface area contributed by atoms with Crippen molar-refractivity contribution in [2.24, 2.45) is 0 Å². The van der Waals surface area contributed by atoms with Crippen molar-refractivity contribution in [3.05, 3.63) is 106 Å². The van der Waals surface area contributed by atoms with E-state index in [9.17, 15) is 4.79 Å². The van der Waals surface area contributed by atoms with E-state index >= 15 is 0 Å². The van der Waals surface area contributed by atoms with E-state index in [4.69, 9.17) is 9.47 Å². The van der Waals surface area contributed by atoms with Gasteiger partial charge >= 0.3 is 5.97 Å². The number of methoxy groups -OCH3 is 1. The van der Waals surface area contributed by atoms with Crippen molar-refractivity contribution in [2.45, 2.75) is 6.54 Å².